The summed E-state index contributed by atoms with van der Waals surface area (Å²) < 4.78 is 21.3. The van der Waals surface area contributed by atoms with Crippen molar-refractivity contribution in [2.45, 2.75) is 38.5 Å². The number of rotatable bonds is 12. The van der Waals surface area contributed by atoms with Crippen molar-refractivity contribution >= 4 is 8.25 Å². The lowest BCUT2D eigenvalue weighted by molar-refractivity contribution is 0.219. The quantitative estimate of drug-likeness (QED) is 0.407. The molecule has 0 saturated heterocycles. The van der Waals surface area contributed by atoms with Crippen molar-refractivity contribution in [2.24, 2.45) is 11.5 Å². The molecule has 6 heteroatoms. The molecule has 0 amide bonds. The molecule has 0 saturated carbocycles. The van der Waals surface area contributed by atoms with Gasteiger partial charge in [-0.25, -0.2) is 0 Å². The Hall–Kier alpha value is 0.0700. The highest BCUT2D eigenvalue weighted by atomic mass is 31.1. The lowest BCUT2D eigenvalue weighted by atomic mass is 10.2. The van der Waals surface area contributed by atoms with E-state index in [1.807, 2.05) is 0 Å². The molecule has 4 N–H and O–H groups in total. The van der Waals surface area contributed by atoms with Crippen LogP contribution in [0.25, 0.3) is 0 Å². The van der Waals surface area contributed by atoms with E-state index < -0.39 is 8.25 Å². The highest BCUT2D eigenvalue weighted by molar-refractivity contribution is 7.33. The molecule has 0 radical (unpaired) electrons. The summed E-state index contributed by atoms with van der Waals surface area (Å²) in [6.07, 6.45) is 5.80. The smallest absolute Gasteiger partial charge is 0.319 e. The minimum absolute atomic E-state index is 0.501. The predicted molar refractivity (Wildman–Crippen MR) is 66.7 cm³/mol. The van der Waals surface area contributed by atoms with Crippen LogP contribution in [0, 0.1) is 0 Å². The van der Waals surface area contributed by atoms with Crippen LogP contribution >= 0.6 is 8.25 Å². The maximum Gasteiger partial charge on any atom is 0.319 e. The van der Waals surface area contributed by atoms with E-state index in [2.05, 4.69) is 0 Å². The summed E-state index contributed by atoms with van der Waals surface area (Å²) in [7, 11) is -2.28. The normalized spacial score (nSPS) is 11.2. The summed E-state index contributed by atoms with van der Waals surface area (Å²) in [4.78, 5) is 0. The predicted octanol–water partition coefficient (Wildman–Crippen LogP) is 1.67. The highest BCUT2D eigenvalue weighted by Gasteiger charge is 1.99. The molecule has 0 aromatic carbocycles. The second-order valence-electron chi connectivity index (χ2n) is 3.65. The van der Waals surface area contributed by atoms with E-state index in [4.69, 9.17) is 20.5 Å². The number of nitrogens with two attached hydrogens (primary N) is 2. The Kier molecular flexibility index (Phi) is 13.2. The van der Waals surface area contributed by atoms with Crippen LogP contribution in [0.15, 0.2) is 0 Å². The number of hydrogen-bond donors (Lipinski definition) is 2. The summed E-state index contributed by atoms with van der Waals surface area (Å²) in [5, 5.41) is 0. The summed E-state index contributed by atoms with van der Waals surface area (Å²) in [6.45, 7) is 2.40. The van der Waals surface area contributed by atoms with Crippen LogP contribution in [0.5, 0.6) is 0 Å². The van der Waals surface area contributed by atoms with E-state index in [1.165, 1.54) is 0 Å². The zero-order valence-electron chi connectivity index (χ0n) is 9.95. The average Bonchev–Trinajstić information content (AvgIpc) is 2.28. The Morgan fingerprint density at radius 3 is 1.56 bits per heavy atom. The van der Waals surface area contributed by atoms with E-state index >= 15 is 0 Å². The van der Waals surface area contributed by atoms with E-state index in [0.717, 1.165) is 38.5 Å². The third-order valence-corrected chi connectivity index (χ3v) is 3.02. The van der Waals surface area contributed by atoms with Gasteiger partial charge in [0.1, 0.15) is 0 Å². The topological polar surface area (TPSA) is 87.6 Å². The fraction of sp³-hybridized carbons (Fsp3) is 1.00. The molecule has 0 rings (SSSR count). The van der Waals surface area contributed by atoms with E-state index in [1.54, 1.807) is 0 Å². The van der Waals surface area contributed by atoms with Crippen molar-refractivity contribution in [3.63, 3.8) is 0 Å². The Labute approximate surface area is 98.8 Å². The van der Waals surface area contributed by atoms with Crippen LogP contribution in [0.2, 0.25) is 0 Å². The first-order chi connectivity index (χ1) is 7.81. The minimum Gasteiger partial charge on any atom is -0.330 e. The van der Waals surface area contributed by atoms with Gasteiger partial charge in [-0.1, -0.05) is 0 Å². The SMILES string of the molecule is NCCCCCO[PH](=O)OCCCCCN. The fourth-order valence-corrected chi connectivity index (χ4v) is 1.90. The van der Waals surface area contributed by atoms with Crippen LogP contribution in [0.3, 0.4) is 0 Å². The van der Waals surface area contributed by atoms with Gasteiger partial charge in [-0.2, -0.15) is 0 Å². The maximum atomic E-state index is 11.2. The fourth-order valence-electron chi connectivity index (χ4n) is 1.20. The molecule has 0 spiro atoms. The van der Waals surface area contributed by atoms with Crippen LogP contribution in [-0.2, 0) is 13.6 Å². The summed E-state index contributed by atoms with van der Waals surface area (Å²) in [6, 6.07) is 0. The van der Waals surface area contributed by atoms with Crippen molar-refractivity contribution in [3.8, 4) is 0 Å². The summed E-state index contributed by atoms with van der Waals surface area (Å²) in [5.74, 6) is 0. The van der Waals surface area contributed by atoms with Gasteiger partial charge in [0.2, 0.25) is 0 Å². The van der Waals surface area contributed by atoms with Crippen molar-refractivity contribution in [3.05, 3.63) is 0 Å². The van der Waals surface area contributed by atoms with E-state index in [-0.39, 0.29) is 0 Å². The van der Waals surface area contributed by atoms with Gasteiger partial charge in [0.25, 0.3) is 0 Å². The van der Waals surface area contributed by atoms with Crippen LogP contribution in [0.4, 0.5) is 0 Å². The first-order valence-corrected chi connectivity index (χ1v) is 7.23. The van der Waals surface area contributed by atoms with Crippen molar-refractivity contribution in [2.75, 3.05) is 26.3 Å². The number of hydrogen-bond acceptors (Lipinski definition) is 5. The molecule has 0 fully saturated rings. The number of unbranched alkanes of at least 4 members (excludes halogenated alkanes) is 4. The zero-order valence-corrected chi connectivity index (χ0v) is 11.0. The van der Waals surface area contributed by atoms with Crippen LogP contribution < -0.4 is 11.5 Å². The van der Waals surface area contributed by atoms with Crippen molar-refractivity contribution in [1.82, 2.24) is 0 Å². The second kappa shape index (κ2) is 13.1. The van der Waals surface area contributed by atoms with Gasteiger partial charge < -0.3 is 20.5 Å². The standard InChI is InChI=1S/C10H25N2O3P/c11-7-3-1-5-9-14-16(13)15-10-6-2-4-8-12/h16H,1-12H2. The van der Waals surface area contributed by atoms with Crippen LogP contribution in [-0.4, -0.2) is 26.3 Å². The molecular weight excluding hydrogens is 227 g/mol. The highest BCUT2D eigenvalue weighted by Crippen LogP contribution is 2.24. The Morgan fingerprint density at radius 2 is 1.19 bits per heavy atom. The lowest BCUT2D eigenvalue weighted by Gasteiger charge is -2.05. The Morgan fingerprint density at radius 1 is 0.750 bits per heavy atom. The molecule has 98 valence electrons. The third-order valence-electron chi connectivity index (χ3n) is 2.14. The van der Waals surface area contributed by atoms with Crippen molar-refractivity contribution < 1.29 is 13.6 Å². The molecule has 5 nitrogen and oxygen atoms in total. The first kappa shape index (κ1) is 16.1. The van der Waals surface area contributed by atoms with Gasteiger partial charge >= 0.3 is 8.25 Å². The Balaban J connectivity index is 3.12. The van der Waals surface area contributed by atoms with Gasteiger partial charge in [0.15, 0.2) is 0 Å². The Bertz CT molecular complexity index is 154. The largest absolute Gasteiger partial charge is 0.330 e. The molecule has 0 aromatic heterocycles. The molecule has 0 bridgehead atoms. The average molecular weight is 252 g/mol. The molecule has 0 atom stereocenters. The maximum absolute atomic E-state index is 11.2. The van der Waals surface area contributed by atoms with Gasteiger partial charge in [-0.15, -0.1) is 0 Å². The molecule has 16 heavy (non-hydrogen) atoms. The monoisotopic (exact) mass is 252 g/mol. The molecule has 0 aromatic rings. The van der Waals surface area contributed by atoms with Gasteiger partial charge in [0.05, 0.1) is 13.2 Å². The molecule has 0 aliphatic carbocycles. The molecule has 0 aliphatic heterocycles. The zero-order chi connectivity index (χ0) is 12.1. The van der Waals surface area contributed by atoms with Crippen LogP contribution in [0.1, 0.15) is 38.5 Å². The molecular formula is C10H25N2O3P. The van der Waals surface area contributed by atoms with E-state index in [9.17, 15) is 4.57 Å². The molecule has 0 aliphatic rings. The van der Waals surface area contributed by atoms with Gasteiger partial charge in [0, 0.05) is 0 Å². The molecule has 0 heterocycles. The third kappa shape index (κ3) is 12.1. The first-order valence-electron chi connectivity index (χ1n) is 6.01. The van der Waals surface area contributed by atoms with Crippen molar-refractivity contribution in [1.29, 1.82) is 0 Å². The van der Waals surface area contributed by atoms with Gasteiger partial charge in [-0.05, 0) is 51.6 Å². The summed E-state index contributed by atoms with van der Waals surface area (Å²) >= 11 is 0. The lowest BCUT2D eigenvalue weighted by Crippen LogP contribution is -1.99. The van der Waals surface area contributed by atoms with Gasteiger partial charge in [-0.3, -0.25) is 4.57 Å². The van der Waals surface area contributed by atoms with E-state index in [0.29, 0.717) is 26.3 Å². The minimum atomic E-state index is -2.28. The molecule has 0 unspecified atom stereocenters. The second-order valence-corrected chi connectivity index (χ2v) is 4.72. The summed E-state index contributed by atoms with van der Waals surface area (Å²) in [5.41, 5.74) is 10.7.